The Balaban J connectivity index is 1.46. The van der Waals surface area contributed by atoms with Crippen LogP contribution >= 0.6 is 11.8 Å². The third kappa shape index (κ3) is 6.99. The molecule has 2 aliphatic rings. The van der Waals surface area contributed by atoms with Crippen molar-refractivity contribution < 1.29 is 24.9 Å². The zero-order chi connectivity index (χ0) is 22.2. The van der Waals surface area contributed by atoms with Crippen LogP contribution in [-0.2, 0) is 4.79 Å². The number of benzene rings is 1. The molecule has 0 aromatic heterocycles. The summed E-state index contributed by atoms with van der Waals surface area (Å²) in [4.78, 5) is 11.4. The number of thioether (sulfide) groups is 1. The average Bonchev–Trinajstić information content (AvgIpc) is 3.08. The second-order valence-corrected chi connectivity index (χ2v) is 10.4. The van der Waals surface area contributed by atoms with Crippen LogP contribution in [-0.4, -0.2) is 50.6 Å². The highest BCUT2D eigenvalue weighted by atomic mass is 32.2. The fourth-order valence-electron chi connectivity index (χ4n) is 4.95. The van der Waals surface area contributed by atoms with Crippen molar-refractivity contribution >= 4 is 17.7 Å². The molecule has 5 nitrogen and oxygen atoms in total. The monoisotopic (exact) mass is 448 g/mol. The number of aliphatic hydroxyl groups excluding tert-OH is 2. The number of carboxylic acid groups (broad SMARTS) is 1. The van der Waals surface area contributed by atoms with Gasteiger partial charge in [0.05, 0.1) is 12.0 Å². The van der Waals surface area contributed by atoms with Crippen LogP contribution in [0.3, 0.4) is 0 Å². The highest BCUT2D eigenvalue weighted by Gasteiger charge is 2.44. The van der Waals surface area contributed by atoms with Gasteiger partial charge in [-0.05, 0) is 56.6 Å². The standard InChI is InChI=1S/C25H36O5S/c1-2-6-17(25(28)29)9-11-20-12-14-22-21(23(27)15-24(22)31-20)13-10-18(26)16-30-19-7-4-3-5-8-19/h3-5,7-8,10,13,17-18,20-24,26-27H,2,6,9,11-12,14-16H2,1H3,(H,28,29)/t17?,18-,20+,21-,22-,23-,24+/m1/s1. The molecule has 0 bridgehead atoms. The topological polar surface area (TPSA) is 87.0 Å². The lowest BCUT2D eigenvalue weighted by Gasteiger charge is -2.33. The summed E-state index contributed by atoms with van der Waals surface area (Å²) in [5.74, 6) is 0.316. The molecule has 3 rings (SSSR count). The maximum absolute atomic E-state index is 11.4. The van der Waals surface area contributed by atoms with Crippen LogP contribution in [0.1, 0.15) is 51.9 Å². The van der Waals surface area contributed by atoms with E-state index in [1.165, 1.54) is 0 Å². The maximum atomic E-state index is 11.4. The second-order valence-electron chi connectivity index (χ2n) is 8.90. The van der Waals surface area contributed by atoms with Crippen LogP contribution in [0.5, 0.6) is 5.75 Å². The van der Waals surface area contributed by atoms with E-state index >= 15 is 0 Å². The molecule has 1 aliphatic carbocycles. The molecular formula is C25H36O5S. The van der Waals surface area contributed by atoms with Crippen molar-refractivity contribution in [3.63, 3.8) is 0 Å². The van der Waals surface area contributed by atoms with Crippen LogP contribution in [0.15, 0.2) is 42.5 Å². The number of carboxylic acids is 1. The molecule has 2 fully saturated rings. The number of aliphatic carboxylic acids is 1. The van der Waals surface area contributed by atoms with Gasteiger partial charge in [0.25, 0.3) is 0 Å². The van der Waals surface area contributed by atoms with Crippen molar-refractivity contribution in [3.8, 4) is 5.75 Å². The molecule has 0 spiro atoms. The van der Waals surface area contributed by atoms with E-state index in [0.29, 0.717) is 16.4 Å². The number of fused-ring (bicyclic) bond motifs is 1. The van der Waals surface area contributed by atoms with Crippen LogP contribution in [0.4, 0.5) is 0 Å². The van der Waals surface area contributed by atoms with E-state index in [-0.39, 0.29) is 24.5 Å². The first-order valence-electron chi connectivity index (χ1n) is 11.6. The predicted molar refractivity (Wildman–Crippen MR) is 124 cm³/mol. The van der Waals surface area contributed by atoms with Crippen molar-refractivity contribution in [2.45, 2.75) is 74.6 Å². The zero-order valence-electron chi connectivity index (χ0n) is 18.3. The number of rotatable bonds is 11. The first-order chi connectivity index (χ1) is 15.0. The van der Waals surface area contributed by atoms with Crippen LogP contribution in [0.25, 0.3) is 0 Å². The first-order valence-corrected chi connectivity index (χ1v) is 12.5. The third-order valence-electron chi connectivity index (χ3n) is 6.62. The second kappa shape index (κ2) is 11.9. The zero-order valence-corrected chi connectivity index (χ0v) is 19.1. The summed E-state index contributed by atoms with van der Waals surface area (Å²) in [6.07, 6.45) is 8.90. The summed E-state index contributed by atoms with van der Waals surface area (Å²) in [5.41, 5.74) is 0. The van der Waals surface area contributed by atoms with E-state index in [1.54, 1.807) is 6.08 Å². The van der Waals surface area contributed by atoms with Gasteiger partial charge in [-0.3, -0.25) is 4.79 Å². The van der Waals surface area contributed by atoms with Gasteiger partial charge in [0.1, 0.15) is 18.5 Å². The lowest BCUT2D eigenvalue weighted by molar-refractivity contribution is -0.142. The van der Waals surface area contributed by atoms with Crippen molar-refractivity contribution in [3.05, 3.63) is 42.5 Å². The summed E-state index contributed by atoms with van der Waals surface area (Å²) in [7, 11) is 0. The normalized spacial score (nSPS) is 30.1. The van der Waals surface area contributed by atoms with Gasteiger partial charge >= 0.3 is 5.97 Å². The van der Waals surface area contributed by atoms with E-state index in [1.807, 2.05) is 55.1 Å². The van der Waals surface area contributed by atoms with E-state index in [4.69, 9.17) is 4.74 Å². The summed E-state index contributed by atoms with van der Waals surface area (Å²) < 4.78 is 5.60. The molecule has 1 heterocycles. The fraction of sp³-hybridized carbons (Fsp3) is 0.640. The van der Waals surface area contributed by atoms with E-state index in [2.05, 4.69) is 0 Å². The lowest BCUT2D eigenvalue weighted by Crippen LogP contribution is -2.27. The third-order valence-corrected chi connectivity index (χ3v) is 8.37. The minimum absolute atomic E-state index is 0.0664. The Morgan fingerprint density at radius 2 is 2.03 bits per heavy atom. The Hall–Kier alpha value is -1.50. The predicted octanol–water partition coefficient (Wildman–Crippen LogP) is 4.52. The maximum Gasteiger partial charge on any atom is 0.306 e. The summed E-state index contributed by atoms with van der Waals surface area (Å²) >= 11 is 1.95. The Bertz CT molecular complexity index is 709. The number of carbonyl (C=O) groups is 1. The number of ether oxygens (including phenoxy) is 1. The molecule has 1 aliphatic heterocycles. The van der Waals surface area contributed by atoms with Gasteiger partial charge in [-0.25, -0.2) is 0 Å². The smallest absolute Gasteiger partial charge is 0.306 e. The quantitative estimate of drug-likeness (QED) is 0.431. The summed E-state index contributed by atoms with van der Waals surface area (Å²) in [6, 6.07) is 9.43. The molecule has 31 heavy (non-hydrogen) atoms. The Kier molecular flexibility index (Phi) is 9.30. The summed E-state index contributed by atoms with van der Waals surface area (Å²) in [5, 5.41) is 31.2. The van der Waals surface area contributed by atoms with Gasteiger partial charge in [0.2, 0.25) is 0 Å². The van der Waals surface area contributed by atoms with Gasteiger partial charge < -0.3 is 20.1 Å². The average molecular weight is 449 g/mol. The molecular weight excluding hydrogens is 412 g/mol. The van der Waals surface area contributed by atoms with Gasteiger partial charge in [-0.15, -0.1) is 0 Å². The fourth-order valence-corrected chi connectivity index (χ4v) is 6.82. The number of para-hydroxylation sites is 1. The van der Waals surface area contributed by atoms with Gasteiger partial charge in [0, 0.05) is 16.4 Å². The number of hydrogen-bond donors (Lipinski definition) is 3. The molecule has 1 aromatic rings. The molecule has 1 saturated carbocycles. The molecule has 1 unspecified atom stereocenters. The van der Waals surface area contributed by atoms with Crippen molar-refractivity contribution in [2.75, 3.05) is 6.61 Å². The number of hydrogen-bond acceptors (Lipinski definition) is 5. The minimum Gasteiger partial charge on any atom is -0.491 e. The van der Waals surface area contributed by atoms with Crippen molar-refractivity contribution in [1.29, 1.82) is 0 Å². The summed E-state index contributed by atoms with van der Waals surface area (Å²) in [6.45, 7) is 2.23. The van der Waals surface area contributed by atoms with Gasteiger partial charge in [-0.2, -0.15) is 11.8 Å². The Morgan fingerprint density at radius 1 is 1.26 bits per heavy atom. The van der Waals surface area contributed by atoms with Crippen molar-refractivity contribution in [2.24, 2.45) is 17.8 Å². The molecule has 1 saturated heterocycles. The molecule has 6 heteroatoms. The SMILES string of the molecule is CCCC(CC[C@H]1CC[C@@H]2[C@@H](C=C[C@@H](O)COc3ccccc3)[C@H](O)C[C@@H]2S1)C(=O)O. The molecule has 0 radical (unpaired) electrons. The Morgan fingerprint density at radius 3 is 2.74 bits per heavy atom. The van der Waals surface area contributed by atoms with E-state index < -0.39 is 12.1 Å². The van der Waals surface area contributed by atoms with Gasteiger partial charge in [-0.1, -0.05) is 43.7 Å². The van der Waals surface area contributed by atoms with Crippen LogP contribution in [0.2, 0.25) is 0 Å². The Labute approximate surface area is 189 Å². The first kappa shape index (κ1) is 24.1. The van der Waals surface area contributed by atoms with Gasteiger partial charge in [0.15, 0.2) is 0 Å². The van der Waals surface area contributed by atoms with E-state index in [0.717, 1.165) is 50.7 Å². The molecule has 3 N–H and O–H groups in total. The lowest BCUT2D eigenvalue weighted by atomic mass is 9.87. The molecule has 0 amide bonds. The highest BCUT2D eigenvalue weighted by Crippen LogP contribution is 2.49. The van der Waals surface area contributed by atoms with Crippen molar-refractivity contribution in [1.82, 2.24) is 0 Å². The highest BCUT2D eigenvalue weighted by molar-refractivity contribution is 8.00. The molecule has 7 atom stereocenters. The van der Waals surface area contributed by atoms with Crippen LogP contribution < -0.4 is 4.74 Å². The van der Waals surface area contributed by atoms with Crippen LogP contribution in [0, 0.1) is 17.8 Å². The largest absolute Gasteiger partial charge is 0.491 e. The van der Waals surface area contributed by atoms with E-state index in [9.17, 15) is 20.1 Å². The number of aliphatic hydroxyl groups is 2. The minimum atomic E-state index is -0.707. The molecule has 172 valence electrons. The molecule has 1 aromatic carbocycles.